The summed E-state index contributed by atoms with van der Waals surface area (Å²) in [6.07, 6.45) is 0. The molecule has 2 amide bonds. The van der Waals surface area contributed by atoms with Crippen molar-refractivity contribution >= 4 is 28.9 Å². The Morgan fingerprint density at radius 1 is 1.00 bits per heavy atom. The third kappa shape index (κ3) is 3.93. The summed E-state index contributed by atoms with van der Waals surface area (Å²) in [6.45, 7) is 7.88. The molecule has 0 bridgehead atoms. The van der Waals surface area contributed by atoms with Crippen molar-refractivity contribution < 1.29 is 9.59 Å². The second-order valence-corrected chi connectivity index (χ2v) is 6.19. The summed E-state index contributed by atoms with van der Waals surface area (Å²) >= 11 is 0. The topological polar surface area (TPSA) is 84.2 Å². The summed E-state index contributed by atoms with van der Waals surface area (Å²) in [6, 6.07) is 11.0. The number of nitrogens with two attached hydrogens (primary N) is 1. The van der Waals surface area contributed by atoms with Gasteiger partial charge in [-0.05, 0) is 48.6 Å². The number of benzene rings is 2. The second-order valence-electron chi connectivity index (χ2n) is 6.19. The van der Waals surface area contributed by atoms with Crippen molar-refractivity contribution in [2.24, 2.45) is 0 Å². The van der Waals surface area contributed by atoms with Crippen LogP contribution in [0.3, 0.4) is 0 Å². The van der Waals surface area contributed by atoms with E-state index in [1.165, 1.54) is 0 Å². The van der Waals surface area contributed by atoms with E-state index in [0.29, 0.717) is 17.1 Å². The molecule has 0 aliphatic carbocycles. The van der Waals surface area contributed by atoms with E-state index in [2.05, 4.69) is 10.6 Å². The van der Waals surface area contributed by atoms with Crippen molar-refractivity contribution in [2.75, 3.05) is 16.4 Å². The van der Waals surface area contributed by atoms with Crippen LogP contribution < -0.4 is 16.4 Å². The lowest BCUT2D eigenvalue weighted by atomic mass is 9.98. The summed E-state index contributed by atoms with van der Waals surface area (Å²) in [5, 5.41) is 5.27. The molecule has 2 aromatic rings. The Kier molecular flexibility index (Phi) is 5.24. The maximum atomic E-state index is 12.3. The van der Waals surface area contributed by atoms with Crippen molar-refractivity contribution in [2.45, 2.75) is 33.6 Å². The molecule has 4 N–H and O–H groups in total. The Morgan fingerprint density at radius 3 is 2.29 bits per heavy atom. The predicted octanol–water partition coefficient (Wildman–Crippen LogP) is 3.59. The Labute approximate surface area is 142 Å². The lowest BCUT2D eigenvalue weighted by Crippen LogP contribution is -2.30. The minimum atomic E-state index is -0.747. The molecule has 0 heterocycles. The van der Waals surface area contributed by atoms with Gasteiger partial charge in [-0.3, -0.25) is 9.59 Å². The Balaban J connectivity index is 2.17. The Bertz CT molecular complexity index is 782. The molecule has 0 aliphatic rings. The van der Waals surface area contributed by atoms with Crippen LogP contribution in [0.2, 0.25) is 0 Å². The van der Waals surface area contributed by atoms with E-state index in [1.807, 2.05) is 52.0 Å². The maximum Gasteiger partial charge on any atom is 0.314 e. The number of hydrogen-bond acceptors (Lipinski definition) is 3. The average molecular weight is 325 g/mol. The molecule has 0 spiro atoms. The number of para-hydroxylation sites is 1. The summed E-state index contributed by atoms with van der Waals surface area (Å²) < 4.78 is 0. The van der Waals surface area contributed by atoms with Gasteiger partial charge in [0, 0.05) is 5.69 Å². The smallest absolute Gasteiger partial charge is 0.314 e. The van der Waals surface area contributed by atoms with Crippen LogP contribution in [0.15, 0.2) is 36.4 Å². The molecule has 0 radical (unpaired) electrons. The van der Waals surface area contributed by atoms with Gasteiger partial charge in [-0.2, -0.15) is 0 Å². The minimum absolute atomic E-state index is 0.232. The summed E-state index contributed by atoms with van der Waals surface area (Å²) in [7, 11) is 0. The first kappa shape index (κ1) is 17.5. The number of carbonyl (C=O) groups excluding carboxylic acids is 2. The molecule has 0 aliphatic heterocycles. The van der Waals surface area contributed by atoms with Crippen molar-refractivity contribution in [3.63, 3.8) is 0 Å². The van der Waals surface area contributed by atoms with Crippen LogP contribution in [0.5, 0.6) is 0 Å². The third-order valence-corrected chi connectivity index (χ3v) is 3.83. The fraction of sp³-hybridized carbons (Fsp3) is 0.263. The van der Waals surface area contributed by atoms with Gasteiger partial charge in [0.25, 0.3) is 0 Å². The fourth-order valence-corrected chi connectivity index (χ4v) is 2.49. The fourth-order valence-electron chi connectivity index (χ4n) is 2.49. The highest BCUT2D eigenvalue weighted by Gasteiger charge is 2.18. The normalized spacial score (nSPS) is 10.5. The number of carbonyl (C=O) groups is 2. The second kappa shape index (κ2) is 7.17. The quantitative estimate of drug-likeness (QED) is 0.595. The maximum absolute atomic E-state index is 12.3. The summed E-state index contributed by atoms with van der Waals surface area (Å²) in [5.41, 5.74) is 10.3. The number of aryl methyl sites for hydroxylation is 2. The largest absolute Gasteiger partial charge is 0.397 e. The highest BCUT2D eigenvalue weighted by Crippen LogP contribution is 2.27. The van der Waals surface area contributed by atoms with Crippen molar-refractivity contribution in [1.29, 1.82) is 0 Å². The van der Waals surface area contributed by atoms with Gasteiger partial charge in [0.05, 0.1) is 11.4 Å². The van der Waals surface area contributed by atoms with Gasteiger partial charge in [-0.25, -0.2) is 0 Å². The van der Waals surface area contributed by atoms with E-state index >= 15 is 0 Å². The van der Waals surface area contributed by atoms with Crippen LogP contribution in [0.25, 0.3) is 0 Å². The van der Waals surface area contributed by atoms with Gasteiger partial charge in [0.15, 0.2) is 0 Å². The number of nitrogens with one attached hydrogen (secondary N) is 2. The van der Waals surface area contributed by atoms with Gasteiger partial charge in [-0.1, -0.05) is 38.1 Å². The Morgan fingerprint density at radius 2 is 1.67 bits per heavy atom. The number of nitrogen functional groups attached to an aromatic ring is 1. The zero-order valence-corrected chi connectivity index (χ0v) is 14.4. The van der Waals surface area contributed by atoms with Gasteiger partial charge >= 0.3 is 11.8 Å². The first-order valence-corrected chi connectivity index (χ1v) is 7.87. The van der Waals surface area contributed by atoms with Gasteiger partial charge in [0.2, 0.25) is 0 Å². The molecular formula is C19H23N3O2. The molecule has 0 atom stereocenters. The lowest BCUT2D eigenvalue weighted by Gasteiger charge is -2.16. The molecule has 126 valence electrons. The van der Waals surface area contributed by atoms with Crippen LogP contribution >= 0.6 is 0 Å². The molecule has 0 saturated heterocycles. The molecule has 0 fully saturated rings. The van der Waals surface area contributed by atoms with E-state index in [0.717, 1.165) is 16.7 Å². The van der Waals surface area contributed by atoms with Gasteiger partial charge in [-0.15, -0.1) is 0 Å². The van der Waals surface area contributed by atoms with Crippen LogP contribution in [-0.4, -0.2) is 11.8 Å². The van der Waals surface area contributed by atoms with E-state index in [-0.39, 0.29) is 5.92 Å². The van der Waals surface area contributed by atoms with E-state index in [4.69, 9.17) is 5.73 Å². The van der Waals surface area contributed by atoms with Crippen molar-refractivity contribution in [3.05, 3.63) is 53.1 Å². The lowest BCUT2D eigenvalue weighted by molar-refractivity contribution is -0.133. The monoisotopic (exact) mass is 325 g/mol. The zero-order valence-electron chi connectivity index (χ0n) is 14.4. The van der Waals surface area contributed by atoms with Crippen LogP contribution in [0.1, 0.15) is 36.5 Å². The minimum Gasteiger partial charge on any atom is -0.397 e. The van der Waals surface area contributed by atoms with E-state index < -0.39 is 11.8 Å². The summed E-state index contributed by atoms with van der Waals surface area (Å²) in [4.78, 5) is 24.4. The number of anilines is 3. The van der Waals surface area contributed by atoms with Gasteiger partial charge in [0.1, 0.15) is 0 Å². The molecular weight excluding hydrogens is 302 g/mol. The van der Waals surface area contributed by atoms with E-state index in [1.54, 1.807) is 12.1 Å². The molecule has 0 unspecified atom stereocenters. The van der Waals surface area contributed by atoms with Crippen LogP contribution in [0, 0.1) is 13.8 Å². The molecule has 24 heavy (non-hydrogen) atoms. The molecule has 2 rings (SSSR count). The van der Waals surface area contributed by atoms with Crippen molar-refractivity contribution in [3.8, 4) is 0 Å². The number of rotatable bonds is 3. The van der Waals surface area contributed by atoms with Gasteiger partial charge < -0.3 is 16.4 Å². The van der Waals surface area contributed by atoms with Crippen molar-refractivity contribution in [1.82, 2.24) is 0 Å². The first-order chi connectivity index (χ1) is 11.3. The Hall–Kier alpha value is -2.82. The molecule has 5 nitrogen and oxygen atoms in total. The highest BCUT2D eigenvalue weighted by molar-refractivity contribution is 6.44. The van der Waals surface area contributed by atoms with Crippen LogP contribution in [0.4, 0.5) is 17.1 Å². The standard InChI is InChI=1S/C19H23N3O2/c1-11(2)14-7-5-6-13(4)17(14)22-19(24)18(23)21-16-9-8-12(3)10-15(16)20/h5-11H,20H2,1-4H3,(H,21,23)(H,22,24). The van der Waals surface area contributed by atoms with Crippen LogP contribution in [-0.2, 0) is 9.59 Å². The molecule has 2 aromatic carbocycles. The zero-order chi connectivity index (χ0) is 17.9. The third-order valence-electron chi connectivity index (χ3n) is 3.83. The number of amides is 2. The number of hydrogen-bond donors (Lipinski definition) is 3. The van der Waals surface area contributed by atoms with E-state index in [9.17, 15) is 9.59 Å². The molecule has 0 aromatic heterocycles. The summed E-state index contributed by atoms with van der Waals surface area (Å²) in [5.74, 6) is -1.23. The first-order valence-electron chi connectivity index (χ1n) is 7.87. The predicted molar refractivity (Wildman–Crippen MR) is 98.1 cm³/mol. The average Bonchev–Trinajstić information content (AvgIpc) is 2.51. The highest BCUT2D eigenvalue weighted by atomic mass is 16.2. The molecule has 0 saturated carbocycles. The molecule has 5 heteroatoms. The SMILES string of the molecule is Cc1ccc(NC(=O)C(=O)Nc2c(C)cccc2C(C)C)c(N)c1.